The number of ether oxygens (including phenoxy) is 3. The van der Waals surface area contributed by atoms with Crippen LogP contribution in [-0.2, 0) is 28.8 Å². The molecule has 9 nitrogen and oxygen atoms in total. The summed E-state index contributed by atoms with van der Waals surface area (Å²) in [5.41, 5.74) is -0.437. The Morgan fingerprint density at radius 1 is 0.957 bits per heavy atom. The van der Waals surface area contributed by atoms with E-state index < -0.39 is 30.1 Å². The summed E-state index contributed by atoms with van der Waals surface area (Å²) in [6.07, 6.45) is -2.39. The fraction of sp³-hybridized carbons (Fsp3) is 0.303. The summed E-state index contributed by atoms with van der Waals surface area (Å²) in [7, 11) is 0. The van der Waals surface area contributed by atoms with Gasteiger partial charge in [-0.25, -0.2) is 0 Å². The van der Waals surface area contributed by atoms with Crippen LogP contribution in [0.25, 0.3) is 11.0 Å². The lowest BCUT2D eigenvalue weighted by Crippen LogP contribution is -2.45. The zero-order valence-corrected chi connectivity index (χ0v) is 25.1. The van der Waals surface area contributed by atoms with Crippen LogP contribution in [0.1, 0.15) is 39.9 Å². The van der Waals surface area contributed by atoms with E-state index in [0.717, 1.165) is 24.6 Å². The van der Waals surface area contributed by atoms with Crippen LogP contribution in [0.15, 0.2) is 76.1 Å². The average Bonchev–Trinajstić information content (AvgIpc) is 3.73. The second kappa shape index (κ2) is 13.1. The van der Waals surface area contributed by atoms with Crippen molar-refractivity contribution in [3.63, 3.8) is 0 Å². The van der Waals surface area contributed by atoms with E-state index in [1.54, 1.807) is 30.3 Å². The predicted octanol–water partition coefficient (Wildman–Crippen LogP) is 6.04. The van der Waals surface area contributed by atoms with Crippen molar-refractivity contribution in [1.82, 2.24) is 9.80 Å². The molecule has 0 saturated carbocycles. The highest BCUT2D eigenvalue weighted by molar-refractivity contribution is 6.31. The Hall–Kier alpha value is -4.55. The number of halogens is 4. The molecule has 0 N–H and O–H groups in total. The van der Waals surface area contributed by atoms with Crippen molar-refractivity contribution in [1.29, 1.82) is 0 Å². The molecular weight excluding hydrogens is 629 g/mol. The van der Waals surface area contributed by atoms with Gasteiger partial charge in [-0.2, -0.15) is 13.2 Å². The minimum absolute atomic E-state index is 0.00467. The van der Waals surface area contributed by atoms with Gasteiger partial charge in [0.15, 0.2) is 16.9 Å². The second-order valence-electron chi connectivity index (χ2n) is 11.1. The Morgan fingerprint density at radius 3 is 2.57 bits per heavy atom. The second-order valence-corrected chi connectivity index (χ2v) is 11.5. The Morgan fingerprint density at radius 2 is 1.78 bits per heavy atom. The maximum absolute atomic E-state index is 14.1. The lowest BCUT2D eigenvalue weighted by atomic mass is 10.1. The molecule has 2 aliphatic heterocycles. The topological polar surface area (TPSA) is 98.5 Å². The Kier molecular flexibility index (Phi) is 8.92. The molecule has 1 saturated heterocycles. The Labute approximate surface area is 266 Å². The summed E-state index contributed by atoms with van der Waals surface area (Å²) in [6, 6.07) is 13.9. The maximum atomic E-state index is 14.1. The molecule has 0 bridgehead atoms. The number of alkyl halides is 3. The standard InChI is InChI=1S/C33H28ClF3N2O7/c34-24-7-9-27-26(13-24)31(41)22(18-44-27)15-38(14-20-6-8-28-29(11-20)46-19-45-28)30(40)17-39(16-25-5-2-10-43-25)32(42)21-3-1-4-23(12-21)33(35,36)37/h1,3-4,6-9,11-13,18,25H,2,5,10,14-17,19H2. The van der Waals surface area contributed by atoms with Crippen LogP contribution in [0.3, 0.4) is 0 Å². The normalized spacial score (nSPS) is 15.7. The number of hydrogen-bond donors (Lipinski definition) is 0. The van der Waals surface area contributed by atoms with E-state index in [1.807, 2.05) is 0 Å². The van der Waals surface area contributed by atoms with Crippen LogP contribution in [0.4, 0.5) is 13.2 Å². The van der Waals surface area contributed by atoms with Crippen molar-refractivity contribution in [3.8, 4) is 11.5 Å². The molecule has 1 atom stereocenters. The fourth-order valence-corrected chi connectivity index (χ4v) is 5.65. The molecule has 0 spiro atoms. The van der Waals surface area contributed by atoms with Crippen molar-refractivity contribution in [2.75, 3.05) is 26.5 Å². The van der Waals surface area contributed by atoms with Gasteiger partial charge in [-0.15, -0.1) is 0 Å². The van der Waals surface area contributed by atoms with Gasteiger partial charge in [-0.05, 0) is 66.9 Å². The van der Waals surface area contributed by atoms with Gasteiger partial charge in [0.25, 0.3) is 5.91 Å². The molecule has 2 aliphatic rings. The van der Waals surface area contributed by atoms with E-state index >= 15 is 0 Å². The average molecular weight is 657 g/mol. The van der Waals surface area contributed by atoms with Gasteiger partial charge >= 0.3 is 6.18 Å². The number of nitrogens with zero attached hydrogens (tertiary/aromatic N) is 2. The summed E-state index contributed by atoms with van der Waals surface area (Å²) in [6.45, 7) is -0.142. The van der Waals surface area contributed by atoms with Crippen LogP contribution >= 0.6 is 11.6 Å². The summed E-state index contributed by atoms with van der Waals surface area (Å²) in [5.74, 6) is -0.271. The van der Waals surface area contributed by atoms with Gasteiger partial charge in [0, 0.05) is 30.3 Å². The molecule has 0 radical (unpaired) electrons. The molecule has 0 aliphatic carbocycles. The maximum Gasteiger partial charge on any atom is 0.416 e. The molecular formula is C33H28ClF3N2O7. The Balaban J connectivity index is 1.32. The van der Waals surface area contributed by atoms with Gasteiger partial charge in [0.1, 0.15) is 12.1 Å². The van der Waals surface area contributed by atoms with E-state index in [-0.39, 0.29) is 54.5 Å². The SMILES string of the molecule is O=C(CN(CC1CCCO1)C(=O)c1cccc(C(F)(F)F)c1)N(Cc1ccc2c(c1)OCO2)Cc1coc2ccc(Cl)cc2c1=O. The number of carbonyl (C=O) groups is 2. The zero-order chi connectivity index (χ0) is 32.4. The summed E-state index contributed by atoms with van der Waals surface area (Å²) in [4.78, 5) is 43.7. The number of carbonyl (C=O) groups excluding carboxylic acids is 2. The first-order chi connectivity index (χ1) is 22.0. The molecule has 3 heterocycles. The third kappa shape index (κ3) is 6.97. The third-order valence-corrected chi connectivity index (χ3v) is 8.06. The largest absolute Gasteiger partial charge is 0.464 e. The molecule has 13 heteroatoms. The molecule has 46 heavy (non-hydrogen) atoms. The first-order valence-electron chi connectivity index (χ1n) is 14.5. The van der Waals surface area contributed by atoms with Crippen LogP contribution in [0, 0.1) is 0 Å². The summed E-state index contributed by atoms with van der Waals surface area (Å²) in [5, 5.41) is 0.573. The number of amides is 2. The number of benzene rings is 3. The van der Waals surface area contributed by atoms with E-state index in [0.29, 0.717) is 40.7 Å². The lowest BCUT2D eigenvalue weighted by molar-refractivity contribution is -0.137. The smallest absolute Gasteiger partial charge is 0.416 e. The number of hydrogen-bond acceptors (Lipinski definition) is 7. The van der Waals surface area contributed by atoms with Gasteiger partial charge in [0.05, 0.1) is 35.4 Å². The predicted molar refractivity (Wildman–Crippen MR) is 161 cm³/mol. The molecule has 2 amide bonds. The van der Waals surface area contributed by atoms with Crippen LogP contribution in [0.5, 0.6) is 11.5 Å². The zero-order valence-electron chi connectivity index (χ0n) is 24.3. The van der Waals surface area contributed by atoms with E-state index in [2.05, 4.69) is 0 Å². The van der Waals surface area contributed by atoms with E-state index in [4.69, 9.17) is 30.2 Å². The summed E-state index contributed by atoms with van der Waals surface area (Å²) < 4.78 is 62.6. The fourth-order valence-electron chi connectivity index (χ4n) is 5.48. The van der Waals surface area contributed by atoms with Gasteiger partial charge in [-0.1, -0.05) is 23.7 Å². The third-order valence-electron chi connectivity index (χ3n) is 7.83. The first kappa shape index (κ1) is 31.4. The van der Waals surface area contributed by atoms with Crippen molar-refractivity contribution in [2.24, 2.45) is 0 Å². The molecule has 3 aromatic carbocycles. The monoisotopic (exact) mass is 656 g/mol. The molecule has 1 fully saturated rings. The minimum Gasteiger partial charge on any atom is -0.464 e. The first-order valence-corrected chi connectivity index (χ1v) is 14.9. The molecule has 1 aromatic heterocycles. The highest BCUT2D eigenvalue weighted by Gasteiger charge is 2.33. The molecule has 240 valence electrons. The van der Waals surface area contributed by atoms with Crippen LogP contribution < -0.4 is 14.9 Å². The highest BCUT2D eigenvalue weighted by atomic mass is 35.5. The minimum atomic E-state index is -4.65. The van der Waals surface area contributed by atoms with Gasteiger partial charge < -0.3 is 28.4 Å². The van der Waals surface area contributed by atoms with Crippen LogP contribution in [-0.4, -0.2) is 54.2 Å². The van der Waals surface area contributed by atoms with E-state index in [9.17, 15) is 27.6 Å². The number of fused-ring (bicyclic) bond motifs is 2. The van der Waals surface area contributed by atoms with Gasteiger partial charge in [0.2, 0.25) is 12.7 Å². The van der Waals surface area contributed by atoms with Crippen molar-refractivity contribution >= 4 is 34.4 Å². The molecule has 1 unspecified atom stereocenters. The number of rotatable bonds is 9. The van der Waals surface area contributed by atoms with Gasteiger partial charge in [-0.3, -0.25) is 14.4 Å². The van der Waals surface area contributed by atoms with Crippen molar-refractivity contribution < 1.29 is 41.4 Å². The lowest BCUT2D eigenvalue weighted by Gasteiger charge is -2.29. The summed E-state index contributed by atoms with van der Waals surface area (Å²) >= 11 is 6.12. The van der Waals surface area contributed by atoms with Crippen molar-refractivity contribution in [2.45, 2.75) is 38.2 Å². The quantitative estimate of drug-likeness (QED) is 0.217. The Bertz CT molecular complexity index is 1840. The van der Waals surface area contributed by atoms with E-state index in [1.165, 1.54) is 28.2 Å². The highest BCUT2D eigenvalue weighted by Crippen LogP contribution is 2.33. The molecule has 6 rings (SSSR count). The molecule has 4 aromatic rings. The van der Waals surface area contributed by atoms with Crippen LogP contribution in [0.2, 0.25) is 5.02 Å². The van der Waals surface area contributed by atoms with Crippen molar-refractivity contribution in [3.05, 3.63) is 104 Å².